The number of anilines is 1. The molecule has 4 rings (SSSR count). The quantitative estimate of drug-likeness (QED) is 0.297. The first-order valence-electron chi connectivity index (χ1n) is 8.88. The van der Waals surface area contributed by atoms with Gasteiger partial charge in [0.05, 0.1) is 6.20 Å². The Bertz CT molecular complexity index is 1120. The van der Waals surface area contributed by atoms with Crippen LogP contribution in [-0.4, -0.2) is 60.1 Å². The van der Waals surface area contributed by atoms with Gasteiger partial charge in [-0.3, -0.25) is 19.6 Å². The van der Waals surface area contributed by atoms with Gasteiger partial charge in [-0.25, -0.2) is 9.78 Å². The van der Waals surface area contributed by atoms with Crippen LogP contribution >= 0.6 is 46.5 Å². The van der Waals surface area contributed by atoms with Gasteiger partial charge in [0.15, 0.2) is 5.13 Å². The van der Waals surface area contributed by atoms with Gasteiger partial charge in [-0.05, 0) is 5.18 Å². The lowest BCUT2D eigenvalue weighted by Crippen LogP contribution is -2.70. The van der Waals surface area contributed by atoms with Crippen LogP contribution in [0.3, 0.4) is 0 Å². The van der Waals surface area contributed by atoms with Gasteiger partial charge in [0.25, 0.3) is 11.8 Å². The number of nitrogens with one attached hydrogen (secondary N) is 2. The Kier molecular flexibility index (Phi) is 6.41. The van der Waals surface area contributed by atoms with Gasteiger partial charge in [0.1, 0.15) is 27.1 Å². The molecule has 3 atom stereocenters. The molecule has 0 aliphatic carbocycles. The van der Waals surface area contributed by atoms with Crippen molar-refractivity contribution in [3.8, 4) is 0 Å². The minimum absolute atomic E-state index is 0.0474. The molecular formula is C16H14ClN7O5S3. The molecular weight excluding hydrogens is 502 g/mol. The summed E-state index contributed by atoms with van der Waals surface area (Å²) in [6.45, 7) is 0. The number of thiazole rings is 1. The van der Waals surface area contributed by atoms with Gasteiger partial charge < -0.3 is 16.2 Å². The van der Waals surface area contributed by atoms with Crippen LogP contribution in [0.15, 0.2) is 28.2 Å². The number of fused-ring (bicyclic) bond motifs is 1. The van der Waals surface area contributed by atoms with Gasteiger partial charge in [-0.15, -0.1) is 28.4 Å². The third-order valence-corrected chi connectivity index (χ3v) is 8.38. The summed E-state index contributed by atoms with van der Waals surface area (Å²) in [5.41, 5.74) is 6.23. The molecule has 2 amide bonds. The number of carboxylic acids is 1. The normalized spacial score (nSPS) is 21.0. The van der Waals surface area contributed by atoms with E-state index < -0.39 is 35.2 Å². The maximum absolute atomic E-state index is 12.8. The van der Waals surface area contributed by atoms with E-state index in [9.17, 15) is 24.4 Å². The van der Waals surface area contributed by atoms with Gasteiger partial charge in [-0.2, -0.15) is 5.10 Å². The van der Waals surface area contributed by atoms with E-state index in [4.69, 9.17) is 17.3 Å². The number of thioether (sulfide) groups is 2. The highest BCUT2D eigenvalue weighted by molar-refractivity contribution is 8.05. The second-order valence-electron chi connectivity index (χ2n) is 6.59. The number of halogens is 1. The first-order valence-corrected chi connectivity index (χ1v) is 12.1. The molecule has 16 heteroatoms. The van der Waals surface area contributed by atoms with E-state index in [-0.39, 0.29) is 20.9 Å². The number of carbonyl (C=O) groups excluding carboxylic acids is 2. The van der Waals surface area contributed by atoms with Crippen molar-refractivity contribution in [1.82, 2.24) is 25.4 Å². The third kappa shape index (κ3) is 4.07. The summed E-state index contributed by atoms with van der Waals surface area (Å²) in [6, 6.07) is -2.59. The van der Waals surface area contributed by atoms with Crippen LogP contribution in [0.25, 0.3) is 0 Å². The van der Waals surface area contributed by atoms with Crippen molar-refractivity contribution in [1.29, 1.82) is 0 Å². The molecule has 1 saturated heterocycles. The molecule has 0 radical (unpaired) electrons. The average molecular weight is 516 g/mol. The van der Waals surface area contributed by atoms with Crippen molar-refractivity contribution in [3.05, 3.63) is 43.5 Å². The minimum atomic E-state index is -1.58. The summed E-state index contributed by atoms with van der Waals surface area (Å²) in [4.78, 5) is 54.1. The molecule has 2 aromatic heterocycles. The zero-order valence-electron chi connectivity index (χ0n) is 15.9. The van der Waals surface area contributed by atoms with Crippen molar-refractivity contribution in [2.45, 2.75) is 23.2 Å². The number of aromatic amines is 1. The summed E-state index contributed by atoms with van der Waals surface area (Å²) < 4.78 is 0.0474. The Morgan fingerprint density at radius 2 is 2.31 bits per heavy atom. The van der Waals surface area contributed by atoms with Crippen molar-refractivity contribution in [2.75, 3.05) is 11.5 Å². The molecule has 0 spiro atoms. The zero-order chi connectivity index (χ0) is 23.0. The Morgan fingerprint density at radius 3 is 2.91 bits per heavy atom. The highest BCUT2D eigenvalue weighted by Crippen LogP contribution is 2.44. The maximum atomic E-state index is 12.8. The van der Waals surface area contributed by atoms with Gasteiger partial charge in [0.2, 0.25) is 6.04 Å². The van der Waals surface area contributed by atoms with Crippen molar-refractivity contribution in [3.63, 3.8) is 0 Å². The predicted molar refractivity (Wildman–Crippen MR) is 120 cm³/mol. The Balaban J connectivity index is 1.48. The second kappa shape index (κ2) is 9.09. The highest BCUT2D eigenvalue weighted by atomic mass is 35.5. The summed E-state index contributed by atoms with van der Waals surface area (Å²) in [5, 5.41) is 20.9. The number of hydrogen-bond donors (Lipinski definition) is 4. The number of aromatic nitrogens is 3. The Labute approximate surface area is 197 Å². The lowest BCUT2D eigenvalue weighted by atomic mass is 10.0. The van der Waals surface area contributed by atoms with Crippen LogP contribution in [0.1, 0.15) is 17.3 Å². The van der Waals surface area contributed by atoms with Gasteiger partial charge >= 0.3 is 5.97 Å². The van der Waals surface area contributed by atoms with Gasteiger partial charge in [-0.1, -0.05) is 22.9 Å². The smallest absolute Gasteiger partial charge is 0.353 e. The van der Waals surface area contributed by atoms with E-state index in [2.05, 4.69) is 25.7 Å². The number of aliphatic carboxylic acids is 1. The molecule has 1 fully saturated rings. The van der Waals surface area contributed by atoms with E-state index in [0.29, 0.717) is 16.4 Å². The predicted octanol–water partition coefficient (Wildman–Crippen LogP) is 1.54. The van der Waals surface area contributed by atoms with Crippen LogP contribution < -0.4 is 11.1 Å². The summed E-state index contributed by atoms with van der Waals surface area (Å²) in [5.74, 6) is -1.87. The molecule has 12 nitrogen and oxygen atoms in total. The van der Waals surface area contributed by atoms with E-state index >= 15 is 0 Å². The van der Waals surface area contributed by atoms with Crippen LogP contribution in [0, 0.1) is 4.91 Å². The fourth-order valence-corrected chi connectivity index (χ4v) is 6.71. The van der Waals surface area contributed by atoms with Gasteiger partial charge in [0, 0.05) is 28.2 Å². The standard InChI is InChI=1S/C16H14ClN7O5S3/c17-11-7(22-16(18)32-11)8(23-29)12(25)21-9-13(26)24-10(15(27)28)6(4-31-14(9)24)30-3-5-1-19-20-2-5/h1-2,8-9,14H,3-4H2,(H2,18,22)(H,19,20)(H,21,25)(H,27,28)/t8?,9?,14-/m0/s1. The van der Waals surface area contributed by atoms with Crippen molar-refractivity contribution >= 4 is 69.4 Å². The molecule has 2 aliphatic heterocycles. The summed E-state index contributed by atoms with van der Waals surface area (Å²) in [6.07, 6.45) is 3.33. The zero-order valence-corrected chi connectivity index (χ0v) is 19.1. The van der Waals surface area contributed by atoms with E-state index in [0.717, 1.165) is 21.8 Å². The van der Waals surface area contributed by atoms with Crippen LogP contribution in [0.2, 0.25) is 4.34 Å². The number of amides is 2. The topological polar surface area (TPSA) is 184 Å². The van der Waals surface area contributed by atoms with Crippen molar-refractivity contribution in [2.24, 2.45) is 5.18 Å². The van der Waals surface area contributed by atoms with Crippen LogP contribution in [0.4, 0.5) is 5.13 Å². The number of β-lactam (4-membered cyclic amide) rings is 1. The molecule has 0 saturated carbocycles. The first-order chi connectivity index (χ1) is 15.3. The largest absolute Gasteiger partial charge is 0.477 e. The van der Waals surface area contributed by atoms with E-state index in [1.165, 1.54) is 23.5 Å². The number of nitrogen functional groups attached to an aromatic ring is 1. The molecule has 32 heavy (non-hydrogen) atoms. The monoisotopic (exact) mass is 515 g/mol. The summed E-state index contributed by atoms with van der Waals surface area (Å²) >= 11 is 9.47. The first kappa shape index (κ1) is 22.6. The molecule has 2 unspecified atom stereocenters. The third-order valence-electron chi connectivity index (χ3n) is 4.64. The SMILES string of the molecule is Nc1nc(C(N=O)C(=O)NC2C(=O)N3C(C(=O)O)=C(SCc4cn[nH]c4)CS[C@@H]23)c(Cl)s1. The summed E-state index contributed by atoms with van der Waals surface area (Å²) in [7, 11) is 0. The van der Waals surface area contributed by atoms with Crippen molar-refractivity contribution < 1.29 is 19.5 Å². The molecule has 0 bridgehead atoms. The molecule has 2 aliphatic rings. The number of H-pyrrole nitrogens is 1. The number of rotatable bonds is 8. The molecule has 0 aromatic carbocycles. The molecule has 2 aromatic rings. The fraction of sp³-hybridized carbons (Fsp3) is 0.312. The fourth-order valence-electron chi connectivity index (χ4n) is 3.18. The number of nitroso groups, excluding NO2 is 1. The lowest BCUT2D eigenvalue weighted by Gasteiger charge is -2.49. The lowest BCUT2D eigenvalue weighted by molar-refractivity contribution is -0.150. The highest BCUT2D eigenvalue weighted by Gasteiger charge is 2.54. The number of nitrogens with two attached hydrogens (primary N) is 1. The minimum Gasteiger partial charge on any atom is -0.477 e. The van der Waals surface area contributed by atoms with Crippen LogP contribution in [0.5, 0.6) is 0 Å². The Morgan fingerprint density at radius 1 is 1.53 bits per heavy atom. The second-order valence-corrected chi connectivity index (χ2v) is 10.4. The van der Waals surface area contributed by atoms with Crippen LogP contribution in [-0.2, 0) is 20.1 Å². The number of carbonyl (C=O) groups is 3. The molecule has 168 valence electrons. The average Bonchev–Trinajstić information content (AvgIpc) is 3.39. The number of carboxylic acid groups (broad SMARTS) is 1. The molecule has 5 N–H and O–H groups in total. The Hall–Kier alpha value is -2.62. The van der Waals surface area contributed by atoms with E-state index in [1.54, 1.807) is 12.4 Å². The maximum Gasteiger partial charge on any atom is 0.353 e. The molecule has 4 heterocycles. The number of nitrogens with zero attached hydrogens (tertiary/aromatic N) is 4. The number of hydrogen-bond acceptors (Lipinski definition) is 11. The van der Waals surface area contributed by atoms with E-state index in [1.807, 2.05) is 0 Å².